The van der Waals surface area contributed by atoms with Gasteiger partial charge >= 0.3 is 0 Å². The minimum Gasteiger partial charge on any atom is -0.256 e. The molecule has 23 heavy (non-hydrogen) atoms. The average Bonchev–Trinajstić information content (AvgIpc) is 2.61. The number of pyridine rings is 1. The third kappa shape index (κ3) is 3.87. The van der Waals surface area contributed by atoms with Crippen LogP contribution >= 0.6 is 0 Å². The molecule has 0 radical (unpaired) electrons. The minimum absolute atomic E-state index is 1.03. The Bertz CT molecular complexity index is 772. The molecule has 0 amide bonds. The SMILES string of the molecule is CCCCc1cccc(-c2cccc(-c3ccc(C)cn3)c2)c1. The molecule has 2 aromatic carbocycles. The van der Waals surface area contributed by atoms with Crippen molar-refractivity contribution >= 4 is 0 Å². The van der Waals surface area contributed by atoms with E-state index in [1.807, 2.05) is 6.20 Å². The molecule has 3 aromatic rings. The minimum atomic E-state index is 1.03. The lowest BCUT2D eigenvalue weighted by molar-refractivity contribution is 0.795. The standard InChI is InChI=1S/C22H23N/c1-3-4-7-18-8-5-9-19(14-18)20-10-6-11-21(15-20)22-13-12-17(2)16-23-22/h5-6,8-16H,3-4,7H2,1-2H3. The molecule has 1 heterocycles. The number of benzene rings is 2. The van der Waals surface area contributed by atoms with E-state index in [4.69, 9.17) is 0 Å². The molecule has 0 aliphatic carbocycles. The van der Waals surface area contributed by atoms with Crippen LogP contribution in [0.5, 0.6) is 0 Å². The Kier molecular flexibility index (Phi) is 4.87. The molecule has 0 bridgehead atoms. The van der Waals surface area contributed by atoms with E-state index in [9.17, 15) is 0 Å². The van der Waals surface area contributed by atoms with E-state index < -0.39 is 0 Å². The number of hydrogen-bond donors (Lipinski definition) is 0. The largest absolute Gasteiger partial charge is 0.256 e. The molecule has 1 aromatic heterocycles. The molecule has 0 aliphatic heterocycles. The van der Waals surface area contributed by atoms with Gasteiger partial charge in [0, 0.05) is 11.8 Å². The summed E-state index contributed by atoms with van der Waals surface area (Å²) < 4.78 is 0. The predicted octanol–water partition coefficient (Wildman–Crippen LogP) is 6.07. The first-order valence-electron chi connectivity index (χ1n) is 8.38. The highest BCUT2D eigenvalue weighted by Gasteiger charge is 2.03. The quantitative estimate of drug-likeness (QED) is 0.557. The molecule has 116 valence electrons. The Morgan fingerprint density at radius 1 is 0.826 bits per heavy atom. The lowest BCUT2D eigenvalue weighted by Crippen LogP contribution is -1.88. The van der Waals surface area contributed by atoms with Crippen molar-refractivity contribution in [3.63, 3.8) is 0 Å². The Morgan fingerprint density at radius 3 is 2.30 bits per heavy atom. The van der Waals surface area contributed by atoms with Crippen LogP contribution in [0.15, 0.2) is 66.9 Å². The highest BCUT2D eigenvalue weighted by Crippen LogP contribution is 2.26. The molecule has 3 rings (SSSR count). The summed E-state index contributed by atoms with van der Waals surface area (Å²) in [6.07, 6.45) is 5.56. The van der Waals surface area contributed by atoms with Crippen LogP contribution in [0.1, 0.15) is 30.9 Å². The Balaban J connectivity index is 1.92. The first-order valence-corrected chi connectivity index (χ1v) is 8.38. The second kappa shape index (κ2) is 7.23. The van der Waals surface area contributed by atoms with E-state index >= 15 is 0 Å². The lowest BCUT2D eigenvalue weighted by atomic mass is 9.98. The van der Waals surface area contributed by atoms with Crippen LogP contribution < -0.4 is 0 Å². The fraction of sp³-hybridized carbons (Fsp3) is 0.227. The summed E-state index contributed by atoms with van der Waals surface area (Å²) in [6, 6.07) is 21.8. The van der Waals surface area contributed by atoms with Crippen molar-refractivity contribution in [1.29, 1.82) is 0 Å². The van der Waals surface area contributed by atoms with Crippen LogP contribution in [-0.2, 0) is 6.42 Å². The normalized spacial score (nSPS) is 10.7. The summed E-state index contributed by atoms with van der Waals surface area (Å²) in [5.41, 5.74) is 7.34. The van der Waals surface area contributed by atoms with Crippen LogP contribution in [0.25, 0.3) is 22.4 Å². The molecule has 0 atom stereocenters. The summed E-state index contributed by atoms with van der Waals surface area (Å²) in [6.45, 7) is 4.30. The van der Waals surface area contributed by atoms with Crippen molar-refractivity contribution in [1.82, 2.24) is 4.98 Å². The number of aryl methyl sites for hydroxylation is 2. The summed E-state index contributed by atoms with van der Waals surface area (Å²) in [5.74, 6) is 0. The second-order valence-corrected chi connectivity index (χ2v) is 6.11. The fourth-order valence-electron chi connectivity index (χ4n) is 2.78. The van der Waals surface area contributed by atoms with Crippen molar-refractivity contribution in [2.75, 3.05) is 0 Å². The van der Waals surface area contributed by atoms with Crippen molar-refractivity contribution in [2.45, 2.75) is 33.1 Å². The number of unbranched alkanes of at least 4 members (excludes halogenated alkanes) is 1. The van der Waals surface area contributed by atoms with Crippen molar-refractivity contribution in [2.24, 2.45) is 0 Å². The molecule has 0 saturated heterocycles. The van der Waals surface area contributed by atoms with Crippen LogP contribution in [-0.4, -0.2) is 4.98 Å². The van der Waals surface area contributed by atoms with E-state index in [0.717, 1.165) is 12.1 Å². The molecule has 1 heteroatoms. The molecule has 1 nitrogen and oxygen atoms in total. The van der Waals surface area contributed by atoms with Gasteiger partial charge in [-0.3, -0.25) is 4.98 Å². The molecular formula is C22H23N. The van der Waals surface area contributed by atoms with Gasteiger partial charge in [-0.1, -0.05) is 61.9 Å². The topological polar surface area (TPSA) is 12.9 Å². The molecule has 0 aliphatic rings. The zero-order chi connectivity index (χ0) is 16.1. The highest BCUT2D eigenvalue weighted by molar-refractivity contribution is 5.71. The second-order valence-electron chi connectivity index (χ2n) is 6.11. The summed E-state index contributed by atoms with van der Waals surface area (Å²) >= 11 is 0. The molecule has 0 saturated carbocycles. The van der Waals surface area contributed by atoms with E-state index in [0.29, 0.717) is 0 Å². The van der Waals surface area contributed by atoms with E-state index in [1.54, 1.807) is 0 Å². The van der Waals surface area contributed by atoms with Crippen molar-refractivity contribution < 1.29 is 0 Å². The maximum Gasteiger partial charge on any atom is 0.0702 e. The van der Waals surface area contributed by atoms with Crippen molar-refractivity contribution in [3.8, 4) is 22.4 Å². The maximum absolute atomic E-state index is 4.54. The molecule has 0 unspecified atom stereocenters. The van der Waals surface area contributed by atoms with Gasteiger partial charge in [0.15, 0.2) is 0 Å². The van der Waals surface area contributed by atoms with Gasteiger partial charge in [0.25, 0.3) is 0 Å². The third-order valence-corrected chi connectivity index (χ3v) is 4.15. The third-order valence-electron chi connectivity index (χ3n) is 4.15. The number of hydrogen-bond acceptors (Lipinski definition) is 1. The Hall–Kier alpha value is -2.41. The number of nitrogens with zero attached hydrogens (tertiary/aromatic N) is 1. The van der Waals surface area contributed by atoms with Gasteiger partial charge in [-0.05, 0) is 54.2 Å². The first kappa shape index (κ1) is 15.5. The van der Waals surface area contributed by atoms with Gasteiger partial charge in [-0.15, -0.1) is 0 Å². The monoisotopic (exact) mass is 301 g/mol. The number of rotatable bonds is 5. The van der Waals surface area contributed by atoms with Gasteiger partial charge in [0.05, 0.1) is 5.69 Å². The van der Waals surface area contributed by atoms with Gasteiger partial charge in [-0.25, -0.2) is 0 Å². The van der Waals surface area contributed by atoms with E-state index in [1.165, 1.54) is 40.7 Å². The predicted molar refractivity (Wildman–Crippen MR) is 98.5 cm³/mol. The van der Waals surface area contributed by atoms with E-state index in [-0.39, 0.29) is 0 Å². The van der Waals surface area contributed by atoms with Crippen LogP contribution in [0.2, 0.25) is 0 Å². The Labute approximate surface area is 139 Å². The van der Waals surface area contributed by atoms with E-state index in [2.05, 4.69) is 79.5 Å². The molecule has 0 fully saturated rings. The first-order chi connectivity index (χ1) is 11.3. The lowest BCUT2D eigenvalue weighted by Gasteiger charge is -2.08. The van der Waals surface area contributed by atoms with Gasteiger partial charge in [-0.2, -0.15) is 0 Å². The zero-order valence-corrected chi connectivity index (χ0v) is 13.9. The average molecular weight is 301 g/mol. The highest BCUT2D eigenvalue weighted by atomic mass is 14.7. The summed E-state index contributed by atoms with van der Waals surface area (Å²) in [7, 11) is 0. The van der Waals surface area contributed by atoms with Crippen LogP contribution in [0, 0.1) is 6.92 Å². The zero-order valence-electron chi connectivity index (χ0n) is 13.9. The molecule has 0 N–H and O–H groups in total. The van der Waals surface area contributed by atoms with Crippen molar-refractivity contribution in [3.05, 3.63) is 78.0 Å². The number of aromatic nitrogens is 1. The van der Waals surface area contributed by atoms with Crippen LogP contribution in [0.4, 0.5) is 0 Å². The molecular weight excluding hydrogens is 278 g/mol. The molecule has 0 spiro atoms. The van der Waals surface area contributed by atoms with Gasteiger partial charge < -0.3 is 0 Å². The smallest absolute Gasteiger partial charge is 0.0702 e. The van der Waals surface area contributed by atoms with Gasteiger partial charge in [0.2, 0.25) is 0 Å². The fourth-order valence-corrected chi connectivity index (χ4v) is 2.78. The Morgan fingerprint density at radius 2 is 1.57 bits per heavy atom. The van der Waals surface area contributed by atoms with Crippen LogP contribution in [0.3, 0.4) is 0 Å². The summed E-state index contributed by atoms with van der Waals surface area (Å²) in [4.78, 5) is 4.54. The maximum atomic E-state index is 4.54. The van der Waals surface area contributed by atoms with Gasteiger partial charge in [0.1, 0.15) is 0 Å². The summed E-state index contributed by atoms with van der Waals surface area (Å²) in [5, 5.41) is 0.